The van der Waals surface area contributed by atoms with E-state index in [0.717, 1.165) is 16.6 Å². The number of hydrogen-bond acceptors (Lipinski definition) is 2. The quantitative estimate of drug-likeness (QED) is 0.711. The number of ether oxygens (including phenoxy) is 1. The summed E-state index contributed by atoms with van der Waals surface area (Å²) >= 11 is 3.49. The second-order valence-electron chi connectivity index (χ2n) is 4.79. The fourth-order valence-corrected chi connectivity index (χ4v) is 2.81. The zero-order chi connectivity index (χ0) is 14.8. The van der Waals surface area contributed by atoms with Crippen LogP contribution in [0.15, 0.2) is 53.1 Å². The van der Waals surface area contributed by atoms with Gasteiger partial charge in [0.1, 0.15) is 11.8 Å². The van der Waals surface area contributed by atoms with Gasteiger partial charge in [0.25, 0.3) is 0 Å². The Labute approximate surface area is 131 Å². The van der Waals surface area contributed by atoms with Gasteiger partial charge >= 0.3 is 0 Å². The highest BCUT2D eigenvalue weighted by Gasteiger charge is 2.06. The smallest absolute Gasteiger partial charge is 0.136 e. The van der Waals surface area contributed by atoms with Crippen molar-refractivity contribution in [1.82, 2.24) is 4.57 Å². The predicted octanol–water partition coefficient (Wildman–Crippen LogP) is 4.33. The first-order valence-corrected chi connectivity index (χ1v) is 7.32. The molecule has 1 aromatic heterocycles. The summed E-state index contributed by atoms with van der Waals surface area (Å²) in [6.45, 7) is 0.743. The van der Waals surface area contributed by atoms with Gasteiger partial charge in [-0.15, -0.1) is 0 Å². The molecule has 0 fully saturated rings. The van der Waals surface area contributed by atoms with Gasteiger partial charge in [-0.05, 0) is 42.0 Å². The molecule has 3 nitrogen and oxygen atoms in total. The Kier molecular flexibility index (Phi) is 3.68. The normalized spacial score (nSPS) is 10.5. The van der Waals surface area contributed by atoms with Crippen LogP contribution in [0, 0.1) is 11.3 Å². The molecule has 3 aromatic rings. The van der Waals surface area contributed by atoms with Crippen LogP contribution < -0.4 is 4.74 Å². The molecule has 0 saturated carbocycles. The van der Waals surface area contributed by atoms with E-state index in [4.69, 9.17) is 10.00 Å². The van der Waals surface area contributed by atoms with Gasteiger partial charge in [-0.1, -0.05) is 22.0 Å². The number of aromatic nitrogens is 1. The molecule has 2 aromatic carbocycles. The van der Waals surface area contributed by atoms with E-state index in [2.05, 4.69) is 51.0 Å². The first-order chi connectivity index (χ1) is 10.2. The van der Waals surface area contributed by atoms with Crippen molar-refractivity contribution in [3.05, 3.63) is 64.3 Å². The molecule has 0 radical (unpaired) electrons. The maximum Gasteiger partial charge on any atom is 0.136 e. The molecule has 0 aliphatic heterocycles. The van der Waals surface area contributed by atoms with Crippen molar-refractivity contribution >= 4 is 26.8 Å². The molecule has 0 amide bonds. The zero-order valence-electron chi connectivity index (χ0n) is 11.5. The highest BCUT2D eigenvalue weighted by atomic mass is 79.9. The van der Waals surface area contributed by atoms with Gasteiger partial charge in [0.2, 0.25) is 0 Å². The van der Waals surface area contributed by atoms with Gasteiger partial charge < -0.3 is 9.30 Å². The molecule has 21 heavy (non-hydrogen) atoms. The van der Waals surface area contributed by atoms with Crippen molar-refractivity contribution in [3.63, 3.8) is 0 Å². The molecule has 0 saturated heterocycles. The molecule has 104 valence electrons. The van der Waals surface area contributed by atoms with Crippen LogP contribution in [0.3, 0.4) is 0 Å². The molecule has 3 rings (SSSR count). The lowest BCUT2D eigenvalue weighted by atomic mass is 10.1. The highest BCUT2D eigenvalue weighted by molar-refractivity contribution is 9.10. The fourth-order valence-electron chi connectivity index (χ4n) is 2.43. The SMILES string of the molecule is COc1cc(Cn2ccc3cc(Br)ccc32)ccc1C#N. The van der Waals surface area contributed by atoms with Crippen LogP contribution in [-0.4, -0.2) is 11.7 Å². The average molecular weight is 341 g/mol. The number of halogens is 1. The highest BCUT2D eigenvalue weighted by Crippen LogP contribution is 2.24. The first-order valence-electron chi connectivity index (χ1n) is 6.52. The first kappa shape index (κ1) is 13.7. The van der Waals surface area contributed by atoms with E-state index < -0.39 is 0 Å². The molecule has 0 atom stereocenters. The third-order valence-electron chi connectivity index (χ3n) is 3.47. The standard InChI is InChI=1S/C17H13BrN2O/c1-21-17-8-12(2-3-14(17)10-19)11-20-7-6-13-9-15(18)4-5-16(13)20/h2-9H,11H2,1H3. The zero-order valence-corrected chi connectivity index (χ0v) is 13.1. The number of hydrogen-bond donors (Lipinski definition) is 0. The summed E-state index contributed by atoms with van der Waals surface area (Å²) in [6, 6.07) is 16.2. The van der Waals surface area contributed by atoms with Crippen LogP contribution >= 0.6 is 15.9 Å². The Morgan fingerprint density at radius 3 is 2.81 bits per heavy atom. The van der Waals surface area contributed by atoms with Crippen molar-refractivity contribution in [2.75, 3.05) is 7.11 Å². The Hall–Kier alpha value is -2.25. The third-order valence-corrected chi connectivity index (χ3v) is 3.97. The molecule has 1 heterocycles. The third kappa shape index (κ3) is 2.65. The van der Waals surface area contributed by atoms with Gasteiger partial charge in [-0.25, -0.2) is 0 Å². The Balaban J connectivity index is 1.97. The minimum absolute atomic E-state index is 0.558. The van der Waals surface area contributed by atoms with Crippen LogP contribution in [0.5, 0.6) is 5.75 Å². The summed E-state index contributed by atoms with van der Waals surface area (Å²) in [5.41, 5.74) is 2.84. The Bertz CT molecular complexity index is 846. The van der Waals surface area contributed by atoms with Gasteiger partial charge in [0.15, 0.2) is 0 Å². The summed E-state index contributed by atoms with van der Waals surface area (Å²) in [4.78, 5) is 0. The topological polar surface area (TPSA) is 38.0 Å². The van der Waals surface area contributed by atoms with Gasteiger partial charge in [-0.3, -0.25) is 0 Å². The van der Waals surface area contributed by atoms with Gasteiger partial charge in [-0.2, -0.15) is 5.26 Å². The maximum atomic E-state index is 9.02. The number of nitrogens with zero attached hydrogens (tertiary/aromatic N) is 2. The van der Waals surface area contributed by atoms with E-state index in [0.29, 0.717) is 11.3 Å². The maximum absolute atomic E-state index is 9.02. The van der Waals surface area contributed by atoms with E-state index in [9.17, 15) is 0 Å². The molecule has 0 N–H and O–H groups in total. The molecular formula is C17H13BrN2O. The van der Waals surface area contributed by atoms with Crippen LogP contribution in [-0.2, 0) is 6.54 Å². The lowest BCUT2D eigenvalue weighted by Crippen LogP contribution is -1.99. The van der Waals surface area contributed by atoms with E-state index in [-0.39, 0.29) is 0 Å². The van der Waals surface area contributed by atoms with Gasteiger partial charge in [0.05, 0.1) is 12.7 Å². The average Bonchev–Trinajstić information content (AvgIpc) is 2.89. The molecular weight excluding hydrogens is 328 g/mol. The molecule has 0 unspecified atom stereocenters. The molecule has 4 heteroatoms. The molecule has 0 aliphatic rings. The summed E-state index contributed by atoms with van der Waals surface area (Å²) in [7, 11) is 1.59. The molecule has 0 aliphatic carbocycles. The second-order valence-corrected chi connectivity index (χ2v) is 5.71. The predicted molar refractivity (Wildman–Crippen MR) is 86.4 cm³/mol. The van der Waals surface area contributed by atoms with E-state index in [1.165, 1.54) is 10.9 Å². The summed E-state index contributed by atoms with van der Waals surface area (Å²) in [6.07, 6.45) is 2.07. The van der Waals surface area contributed by atoms with Crippen molar-refractivity contribution in [2.24, 2.45) is 0 Å². The molecule has 0 spiro atoms. The minimum Gasteiger partial charge on any atom is -0.495 e. The number of benzene rings is 2. The van der Waals surface area contributed by atoms with Crippen LogP contribution in [0.2, 0.25) is 0 Å². The van der Waals surface area contributed by atoms with Crippen LogP contribution in [0.4, 0.5) is 0 Å². The summed E-state index contributed by atoms with van der Waals surface area (Å²) in [5, 5.41) is 10.2. The lowest BCUT2D eigenvalue weighted by Gasteiger charge is -2.09. The van der Waals surface area contributed by atoms with Crippen LogP contribution in [0.25, 0.3) is 10.9 Å². The number of fused-ring (bicyclic) bond motifs is 1. The Morgan fingerprint density at radius 2 is 2.05 bits per heavy atom. The van der Waals surface area contributed by atoms with E-state index >= 15 is 0 Å². The largest absolute Gasteiger partial charge is 0.495 e. The van der Waals surface area contributed by atoms with Crippen molar-refractivity contribution < 1.29 is 4.74 Å². The fraction of sp³-hybridized carbons (Fsp3) is 0.118. The van der Waals surface area contributed by atoms with Crippen molar-refractivity contribution in [3.8, 4) is 11.8 Å². The van der Waals surface area contributed by atoms with E-state index in [1.807, 2.05) is 18.2 Å². The van der Waals surface area contributed by atoms with Gasteiger partial charge in [0, 0.05) is 28.1 Å². The lowest BCUT2D eigenvalue weighted by molar-refractivity contribution is 0.413. The summed E-state index contributed by atoms with van der Waals surface area (Å²) in [5.74, 6) is 0.620. The monoisotopic (exact) mass is 340 g/mol. The van der Waals surface area contributed by atoms with Crippen molar-refractivity contribution in [2.45, 2.75) is 6.54 Å². The summed E-state index contributed by atoms with van der Waals surface area (Å²) < 4.78 is 8.52. The molecule has 0 bridgehead atoms. The van der Waals surface area contributed by atoms with Crippen molar-refractivity contribution in [1.29, 1.82) is 5.26 Å². The second kappa shape index (κ2) is 5.63. The number of nitriles is 1. The van der Waals surface area contributed by atoms with E-state index in [1.54, 1.807) is 13.2 Å². The van der Waals surface area contributed by atoms with Crippen LogP contribution in [0.1, 0.15) is 11.1 Å². The number of methoxy groups -OCH3 is 1. The number of rotatable bonds is 3. The minimum atomic E-state index is 0.558. The Morgan fingerprint density at radius 1 is 1.19 bits per heavy atom.